The number of terminal acetylenes is 1. The second-order valence-corrected chi connectivity index (χ2v) is 5.16. The zero-order chi connectivity index (χ0) is 16.2. The summed E-state index contributed by atoms with van der Waals surface area (Å²) in [5.41, 5.74) is 2.97. The highest BCUT2D eigenvalue weighted by Gasteiger charge is 2.09. The Bertz CT molecular complexity index is 906. The van der Waals surface area contributed by atoms with E-state index in [1.54, 1.807) is 6.07 Å². The summed E-state index contributed by atoms with van der Waals surface area (Å²) in [6.07, 6.45) is 7.44. The van der Waals surface area contributed by atoms with Crippen LogP contribution in [-0.4, -0.2) is 9.49 Å². The predicted molar refractivity (Wildman–Crippen MR) is 91.2 cm³/mol. The van der Waals surface area contributed by atoms with Gasteiger partial charge in [0, 0.05) is 41.5 Å². The van der Waals surface area contributed by atoms with E-state index >= 15 is 0 Å². The summed E-state index contributed by atoms with van der Waals surface area (Å²) in [7, 11) is 0. The lowest BCUT2D eigenvalue weighted by molar-refractivity contribution is -0.384. The van der Waals surface area contributed by atoms with Gasteiger partial charge < -0.3 is 9.88 Å². The molecule has 5 heteroatoms. The van der Waals surface area contributed by atoms with E-state index in [9.17, 15) is 10.1 Å². The lowest BCUT2D eigenvalue weighted by atomic mass is 10.1. The zero-order valence-electron chi connectivity index (χ0n) is 12.4. The standard InChI is InChI=1S/C18H15N3O2/c1-2-10-20-13-14(17-8-3-4-9-18(17)20)12-19-15-6-5-7-16(11-15)21(22)23/h1,3-9,11,13,19H,10,12H2. The number of rotatable bonds is 5. The van der Waals surface area contributed by atoms with E-state index in [0.29, 0.717) is 18.8 Å². The third-order valence-corrected chi connectivity index (χ3v) is 3.67. The quantitative estimate of drug-likeness (QED) is 0.443. The summed E-state index contributed by atoms with van der Waals surface area (Å²) >= 11 is 0. The van der Waals surface area contributed by atoms with Gasteiger partial charge in [0.05, 0.1) is 11.5 Å². The van der Waals surface area contributed by atoms with Gasteiger partial charge in [-0.2, -0.15) is 0 Å². The van der Waals surface area contributed by atoms with Crippen molar-refractivity contribution in [2.75, 3.05) is 5.32 Å². The number of aromatic nitrogens is 1. The first-order chi connectivity index (χ1) is 11.2. The summed E-state index contributed by atoms with van der Waals surface area (Å²) in [4.78, 5) is 10.4. The largest absolute Gasteiger partial charge is 0.381 e. The van der Waals surface area contributed by atoms with Crippen molar-refractivity contribution < 1.29 is 4.92 Å². The molecule has 0 unspecified atom stereocenters. The number of para-hydroxylation sites is 1. The molecule has 23 heavy (non-hydrogen) atoms. The van der Waals surface area contributed by atoms with Crippen molar-refractivity contribution in [3.05, 3.63) is 70.4 Å². The number of hydrogen-bond acceptors (Lipinski definition) is 3. The van der Waals surface area contributed by atoms with Crippen molar-refractivity contribution in [2.24, 2.45) is 0 Å². The lowest BCUT2D eigenvalue weighted by Gasteiger charge is -2.05. The van der Waals surface area contributed by atoms with Crippen LogP contribution in [0.4, 0.5) is 11.4 Å². The molecular formula is C18H15N3O2. The van der Waals surface area contributed by atoms with E-state index in [1.165, 1.54) is 12.1 Å². The fraction of sp³-hybridized carbons (Fsp3) is 0.111. The van der Waals surface area contributed by atoms with Crippen LogP contribution in [0.1, 0.15) is 5.56 Å². The maximum Gasteiger partial charge on any atom is 0.271 e. The molecule has 0 aliphatic carbocycles. The minimum atomic E-state index is -0.399. The predicted octanol–water partition coefficient (Wildman–Crippen LogP) is 3.79. The van der Waals surface area contributed by atoms with Crippen molar-refractivity contribution in [1.29, 1.82) is 0 Å². The van der Waals surface area contributed by atoms with Crippen LogP contribution in [0.25, 0.3) is 10.9 Å². The van der Waals surface area contributed by atoms with Gasteiger partial charge in [0.1, 0.15) is 0 Å². The van der Waals surface area contributed by atoms with Crippen LogP contribution in [0.2, 0.25) is 0 Å². The number of nitrogens with one attached hydrogen (secondary N) is 1. The number of fused-ring (bicyclic) bond motifs is 1. The first-order valence-electron chi connectivity index (χ1n) is 7.17. The summed E-state index contributed by atoms with van der Waals surface area (Å²) in [6.45, 7) is 1.08. The molecule has 1 heterocycles. The number of benzene rings is 2. The summed E-state index contributed by atoms with van der Waals surface area (Å²) in [6, 6.07) is 14.5. The number of nitro groups is 1. The summed E-state index contributed by atoms with van der Waals surface area (Å²) in [5.74, 6) is 2.65. The zero-order valence-corrected chi connectivity index (χ0v) is 12.4. The van der Waals surface area contributed by atoms with E-state index in [0.717, 1.165) is 16.5 Å². The fourth-order valence-electron chi connectivity index (χ4n) is 2.62. The van der Waals surface area contributed by atoms with Gasteiger partial charge >= 0.3 is 0 Å². The normalized spacial score (nSPS) is 10.4. The molecule has 1 N–H and O–H groups in total. The van der Waals surface area contributed by atoms with E-state index in [1.807, 2.05) is 41.1 Å². The van der Waals surface area contributed by atoms with Crippen LogP contribution in [0, 0.1) is 22.5 Å². The fourth-order valence-corrected chi connectivity index (χ4v) is 2.62. The van der Waals surface area contributed by atoms with Crippen LogP contribution >= 0.6 is 0 Å². The molecule has 0 atom stereocenters. The monoisotopic (exact) mass is 305 g/mol. The van der Waals surface area contributed by atoms with Crippen LogP contribution in [0.3, 0.4) is 0 Å². The van der Waals surface area contributed by atoms with E-state index in [-0.39, 0.29) is 5.69 Å². The molecule has 0 aliphatic heterocycles. The van der Waals surface area contributed by atoms with Gasteiger partial charge in [-0.3, -0.25) is 10.1 Å². The van der Waals surface area contributed by atoms with E-state index in [4.69, 9.17) is 6.42 Å². The molecule has 0 saturated carbocycles. The topological polar surface area (TPSA) is 60.1 Å². The molecule has 0 bridgehead atoms. The first kappa shape index (κ1) is 14.7. The molecule has 0 radical (unpaired) electrons. The Morgan fingerprint density at radius 3 is 2.83 bits per heavy atom. The molecule has 5 nitrogen and oxygen atoms in total. The molecule has 0 spiro atoms. The van der Waals surface area contributed by atoms with Crippen LogP contribution in [0.5, 0.6) is 0 Å². The SMILES string of the molecule is C#CCn1cc(CNc2cccc([N+](=O)[O-])c2)c2ccccc21. The average Bonchev–Trinajstić information content (AvgIpc) is 2.92. The van der Waals surface area contributed by atoms with Crippen LogP contribution in [-0.2, 0) is 13.1 Å². The highest BCUT2D eigenvalue weighted by Crippen LogP contribution is 2.23. The van der Waals surface area contributed by atoms with Gasteiger partial charge in [-0.25, -0.2) is 0 Å². The van der Waals surface area contributed by atoms with Crippen molar-refractivity contribution in [1.82, 2.24) is 4.57 Å². The maximum atomic E-state index is 10.8. The number of non-ortho nitro benzene ring substituents is 1. The third kappa shape index (κ3) is 3.01. The Balaban J connectivity index is 1.86. The van der Waals surface area contributed by atoms with Gasteiger partial charge in [-0.1, -0.05) is 30.2 Å². The van der Waals surface area contributed by atoms with Gasteiger partial charge in [-0.15, -0.1) is 6.42 Å². The number of hydrogen-bond donors (Lipinski definition) is 1. The minimum absolute atomic E-state index is 0.0739. The molecule has 3 aromatic rings. The molecule has 0 amide bonds. The Morgan fingerprint density at radius 1 is 1.22 bits per heavy atom. The van der Waals surface area contributed by atoms with E-state index < -0.39 is 4.92 Å². The second-order valence-electron chi connectivity index (χ2n) is 5.16. The van der Waals surface area contributed by atoms with Crippen molar-refractivity contribution >= 4 is 22.3 Å². The molecule has 3 rings (SSSR count). The number of nitrogens with zero attached hydrogens (tertiary/aromatic N) is 2. The first-order valence-corrected chi connectivity index (χ1v) is 7.17. The van der Waals surface area contributed by atoms with Crippen LogP contribution < -0.4 is 5.32 Å². The highest BCUT2D eigenvalue weighted by atomic mass is 16.6. The van der Waals surface area contributed by atoms with Crippen molar-refractivity contribution in [3.63, 3.8) is 0 Å². The Hall–Kier alpha value is -3.26. The Morgan fingerprint density at radius 2 is 2.04 bits per heavy atom. The van der Waals surface area contributed by atoms with Crippen molar-refractivity contribution in [3.8, 4) is 12.3 Å². The molecular weight excluding hydrogens is 290 g/mol. The van der Waals surface area contributed by atoms with E-state index in [2.05, 4.69) is 11.2 Å². The second kappa shape index (κ2) is 6.24. The smallest absolute Gasteiger partial charge is 0.271 e. The minimum Gasteiger partial charge on any atom is -0.381 e. The Kier molecular flexibility index (Phi) is 3.98. The molecule has 1 aromatic heterocycles. The number of nitro benzene ring substituents is 1. The average molecular weight is 305 g/mol. The molecule has 0 fully saturated rings. The number of anilines is 1. The molecule has 0 aliphatic rings. The lowest BCUT2D eigenvalue weighted by Crippen LogP contribution is -1.99. The van der Waals surface area contributed by atoms with Gasteiger partial charge in [0.15, 0.2) is 0 Å². The summed E-state index contributed by atoms with van der Waals surface area (Å²) in [5, 5.41) is 15.2. The van der Waals surface area contributed by atoms with Gasteiger partial charge in [0.25, 0.3) is 5.69 Å². The van der Waals surface area contributed by atoms with Crippen LogP contribution in [0.15, 0.2) is 54.7 Å². The third-order valence-electron chi connectivity index (χ3n) is 3.67. The molecule has 2 aromatic carbocycles. The van der Waals surface area contributed by atoms with Gasteiger partial charge in [0.2, 0.25) is 0 Å². The highest BCUT2D eigenvalue weighted by molar-refractivity contribution is 5.84. The maximum absolute atomic E-state index is 10.8. The Labute approximate surface area is 133 Å². The molecule has 0 saturated heterocycles. The molecule has 114 valence electrons. The van der Waals surface area contributed by atoms with Gasteiger partial charge in [-0.05, 0) is 17.7 Å². The summed E-state index contributed by atoms with van der Waals surface area (Å²) < 4.78 is 2.03. The van der Waals surface area contributed by atoms with Crippen molar-refractivity contribution in [2.45, 2.75) is 13.1 Å².